The van der Waals surface area contributed by atoms with Crippen molar-refractivity contribution in [2.24, 2.45) is 0 Å². The minimum Gasteiger partial charge on any atom is -0.394 e. The van der Waals surface area contributed by atoms with E-state index in [0.29, 0.717) is 12.8 Å². The molecule has 12 atom stereocenters. The SMILES string of the molecule is CCCCCCCCCCCCCC(=O)C(O)C(O)(C(=O)CCCCCCCCCCCCC)C(=O)[C@]1(CO)O[C@H](O[C@H]2[C@H](O)[C@@H](O)[C@H](O)O[C@@H]2CO)[C@H](O)[C@@H](O)[C@H]1O. The van der Waals surface area contributed by atoms with Crippen molar-refractivity contribution in [1.29, 1.82) is 0 Å². The second-order valence-electron chi connectivity index (χ2n) is 16.7. The maximum Gasteiger partial charge on any atom is 0.217 e. The van der Waals surface area contributed by atoms with Gasteiger partial charge >= 0.3 is 0 Å². The highest BCUT2D eigenvalue weighted by Gasteiger charge is 2.67. The Bertz CT molecular complexity index is 1190. The van der Waals surface area contributed by atoms with Gasteiger partial charge in [0.2, 0.25) is 11.4 Å². The van der Waals surface area contributed by atoms with E-state index in [0.717, 1.165) is 64.2 Å². The van der Waals surface area contributed by atoms with Crippen LogP contribution in [0.15, 0.2) is 0 Å². The lowest BCUT2D eigenvalue weighted by Crippen LogP contribution is -2.76. The van der Waals surface area contributed by atoms with E-state index in [4.69, 9.17) is 14.2 Å². The fourth-order valence-electron chi connectivity index (χ4n) is 8.06. The van der Waals surface area contributed by atoms with Crippen molar-refractivity contribution in [3.05, 3.63) is 0 Å². The first kappa shape index (κ1) is 53.6. The largest absolute Gasteiger partial charge is 0.394 e. The van der Waals surface area contributed by atoms with Crippen LogP contribution in [0.3, 0.4) is 0 Å². The molecule has 2 fully saturated rings. The van der Waals surface area contributed by atoms with Crippen LogP contribution in [0.4, 0.5) is 0 Å². The van der Waals surface area contributed by atoms with Crippen molar-refractivity contribution in [1.82, 2.24) is 0 Å². The summed E-state index contributed by atoms with van der Waals surface area (Å²) in [6.45, 7) is 1.85. The van der Waals surface area contributed by atoms with Crippen LogP contribution >= 0.6 is 0 Å². The number of hydrogen-bond donors (Lipinski definition) is 10. The number of ketones is 3. The fourth-order valence-corrected chi connectivity index (χ4v) is 8.06. The monoisotopic (exact) mass is 851 g/mol. The van der Waals surface area contributed by atoms with E-state index >= 15 is 0 Å². The molecule has 16 nitrogen and oxygen atoms in total. The first-order valence-corrected chi connectivity index (χ1v) is 22.5. The number of Topliss-reactive ketones (excluding diaryl/α,β-unsaturated/α-hetero) is 3. The maximum atomic E-state index is 14.5. The highest BCUT2D eigenvalue weighted by Crippen LogP contribution is 2.38. The first-order valence-electron chi connectivity index (χ1n) is 22.5. The zero-order valence-corrected chi connectivity index (χ0v) is 35.6. The third-order valence-corrected chi connectivity index (χ3v) is 12.0. The van der Waals surface area contributed by atoms with E-state index < -0.39 is 110 Å². The lowest BCUT2D eigenvalue weighted by Gasteiger charge is -2.50. The number of aliphatic hydroxyl groups excluding tert-OH is 9. The zero-order valence-electron chi connectivity index (χ0n) is 35.6. The van der Waals surface area contributed by atoms with Gasteiger partial charge in [-0.15, -0.1) is 0 Å². The highest BCUT2D eigenvalue weighted by atomic mass is 16.7. The van der Waals surface area contributed by atoms with E-state index in [1.807, 2.05) is 0 Å². The molecular weight excluding hydrogens is 772 g/mol. The minimum atomic E-state index is -3.59. The molecule has 2 rings (SSSR count). The van der Waals surface area contributed by atoms with Crippen molar-refractivity contribution >= 4 is 17.3 Å². The van der Waals surface area contributed by atoms with Gasteiger partial charge in [-0.1, -0.05) is 142 Å². The molecule has 2 aliphatic rings. The van der Waals surface area contributed by atoms with Gasteiger partial charge in [-0.05, 0) is 12.8 Å². The molecular formula is C43H78O16. The van der Waals surface area contributed by atoms with E-state index in [1.165, 1.54) is 51.4 Å². The predicted octanol–water partition coefficient (Wildman–Crippen LogP) is 2.17. The van der Waals surface area contributed by atoms with E-state index in [2.05, 4.69) is 13.8 Å². The lowest BCUT2D eigenvalue weighted by molar-refractivity contribution is -0.369. The molecule has 2 saturated heterocycles. The van der Waals surface area contributed by atoms with Crippen LogP contribution in [0.2, 0.25) is 0 Å². The summed E-state index contributed by atoms with van der Waals surface area (Å²) in [4.78, 5) is 42.0. The summed E-state index contributed by atoms with van der Waals surface area (Å²) in [5.41, 5.74) is -6.80. The summed E-state index contributed by atoms with van der Waals surface area (Å²) in [6, 6.07) is 0. The smallest absolute Gasteiger partial charge is 0.217 e. The number of unbranched alkanes of at least 4 members (excludes halogenated alkanes) is 20. The molecule has 0 amide bonds. The highest BCUT2D eigenvalue weighted by molar-refractivity contribution is 6.17. The fraction of sp³-hybridized carbons (Fsp3) is 0.930. The van der Waals surface area contributed by atoms with Crippen LogP contribution in [0.1, 0.15) is 168 Å². The molecule has 0 bridgehead atoms. The quantitative estimate of drug-likeness (QED) is 0.0335. The van der Waals surface area contributed by atoms with Gasteiger partial charge in [-0.25, -0.2) is 0 Å². The standard InChI is InChI=1S/C43H78O16/c1-3-5-7-9-11-13-15-17-19-21-23-25-29(46)37(52)43(56,31(47)26-24-22-20-18-16-14-12-10-8-6-4-2)41(55)42(28-45)38(53)33(49)35(51)40(59-42)58-36-30(27-44)57-39(54)34(50)32(36)48/h30,32-40,44-45,48-54,56H,3-28H2,1-2H3/t30-,32-,33-,34-,35-,36-,37?,38-,39-,40+,42-,43?/m1/s1. The van der Waals surface area contributed by atoms with Crippen molar-refractivity contribution in [3.8, 4) is 0 Å². The lowest BCUT2D eigenvalue weighted by atomic mass is 9.71. The molecule has 0 aromatic rings. The Hall–Kier alpha value is -1.51. The molecule has 0 aliphatic carbocycles. The van der Waals surface area contributed by atoms with E-state index in [1.54, 1.807) is 0 Å². The number of carbonyl (C=O) groups excluding carboxylic acids is 3. The third kappa shape index (κ3) is 15.4. The minimum absolute atomic E-state index is 0.170. The predicted molar refractivity (Wildman–Crippen MR) is 216 cm³/mol. The Morgan fingerprint density at radius 1 is 0.627 bits per heavy atom. The summed E-state index contributed by atoms with van der Waals surface area (Å²) in [5, 5.41) is 108. The Labute approximate surface area is 350 Å². The molecule has 10 N–H and O–H groups in total. The maximum absolute atomic E-state index is 14.5. The van der Waals surface area contributed by atoms with Gasteiger partial charge in [0.15, 0.2) is 35.9 Å². The van der Waals surface area contributed by atoms with Gasteiger partial charge in [0.25, 0.3) is 0 Å². The zero-order chi connectivity index (χ0) is 44.0. The van der Waals surface area contributed by atoms with Crippen molar-refractivity contribution < 1.29 is 79.7 Å². The normalized spacial score (nSPS) is 30.2. The molecule has 0 spiro atoms. The van der Waals surface area contributed by atoms with Crippen molar-refractivity contribution in [2.75, 3.05) is 13.2 Å². The molecule has 59 heavy (non-hydrogen) atoms. The molecule has 16 heteroatoms. The molecule has 0 aromatic carbocycles. The van der Waals surface area contributed by atoms with E-state index in [9.17, 15) is 65.4 Å². The molecule has 346 valence electrons. The van der Waals surface area contributed by atoms with Gasteiger partial charge in [0.05, 0.1) is 13.2 Å². The molecule has 0 radical (unpaired) electrons. The van der Waals surface area contributed by atoms with Gasteiger partial charge in [0, 0.05) is 12.8 Å². The van der Waals surface area contributed by atoms with Crippen LogP contribution in [0, 0.1) is 0 Å². The number of rotatable bonds is 33. The average Bonchev–Trinajstić information content (AvgIpc) is 3.23. The van der Waals surface area contributed by atoms with Crippen LogP contribution < -0.4 is 0 Å². The van der Waals surface area contributed by atoms with Crippen molar-refractivity contribution in [3.63, 3.8) is 0 Å². The summed E-state index contributed by atoms with van der Waals surface area (Å²) in [5.74, 6) is -4.20. The van der Waals surface area contributed by atoms with Gasteiger partial charge in [-0.3, -0.25) is 14.4 Å². The summed E-state index contributed by atoms with van der Waals surface area (Å²) < 4.78 is 16.2. The van der Waals surface area contributed by atoms with Crippen molar-refractivity contribution in [2.45, 2.75) is 241 Å². The summed E-state index contributed by atoms with van der Waals surface area (Å²) in [7, 11) is 0. The number of ether oxygens (including phenoxy) is 3. The Morgan fingerprint density at radius 2 is 1.07 bits per heavy atom. The van der Waals surface area contributed by atoms with Crippen LogP contribution in [0.25, 0.3) is 0 Å². The second-order valence-corrected chi connectivity index (χ2v) is 16.7. The Kier molecular flexibility index (Phi) is 25.7. The number of hydrogen-bond acceptors (Lipinski definition) is 16. The number of carbonyl (C=O) groups is 3. The van der Waals surface area contributed by atoms with Gasteiger partial charge in [-0.2, -0.15) is 0 Å². The van der Waals surface area contributed by atoms with Crippen LogP contribution in [-0.2, 0) is 28.6 Å². The Morgan fingerprint density at radius 3 is 1.51 bits per heavy atom. The molecule has 2 unspecified atom stereocenters. The number of aliphatic hydroxyl groups is 10. The first-order chi connectivity index (χ1) is 28.2. The Balaban J connectivity index is 2.25. The van der Waals surface area contributed by atoms with Gasteiger partial charge in [0.1, 0.15) is 42.7 Å². The second kappa shape index (κ2) is 28.2. The third-order valence-electron chi connectivity index (χ3n) is 12.0. The average molecular weight is 851 g/mol. The topological polar surface area (TPSA) is 281 Å². The molecule has 0 aromatic heterocycles. The van der Waals surface area contributed by atoms with Gasteiger partial charge < -0.3 is 65.3 Å². The van der Waals surface area contributed by atoms with Crippen LogP contribution in [0.5, 0.6) is 0 Å². The summed E-state index contributed by atoms with van der Waals surface area (Å²) >= 11 is 0. The van der Waals surface area contributed by atoms with Crippen LogP contribution in [-0.4, -0.2) is 154 Å². The molecule has 2 heterocycles. The van der Waals surface area contributed by atoms with E-state index in [-0.39, 0.29) is 19.3 Å². The molecule has 2 aliphatic heterocycles. The summed E-state index contributed by atoms with van der Waals surface area (Å²) in [6.07, 6.45) is -1.19. The molecule has 0 saturated carbocycles.